The summed E-state index contributed by atoms with van der Waals surface area (Å²) in [5.74, 6) is -0.198. The van der Waals surface area contributed by atoms with Crippen LogP contribution in [0.1, 0.15) is 15.2 Å². The van der Waals surface area contributed by atoms with Crippen molar-refractivity contribution in [3.05, 3.63) is 69.7 Å². The third-order valence-electron chi connectivity index (χ3n) is 3.16. The smallest absolute Gasteiger partial charge is 0.271 e. The Labute approximate surface area is 148 Å². The molecule has 3 rings (SSSR count). The number of sulfonamides is 1. The highest BCUT2D eigenvalue weighted by atomic mass is 32.2. The zero-order valence-electron chi connectivity index (χ0n) is 12.4. The van der Waals surface area contributed by atoms with Crippen LogP contribution in [0.15, 0.2) is 63.5 Å². The first kappa shape index (κ1) is 16.7. The van der Waals surface area contributed by atoms with Crippen LogP contribution in [0.2, 0.25) is 0 Å². The lowest BCUT2D eigenvalue weighted by Gasteiger charge is -2.08. The lowest BCUT2D eigenvalue weighted by Crippen LogP contribution is -2.22. The van der Waals surface area contributed by atoms with Gasteiger partial charge in [0.1, 0.15) is 4.21 Å². The van der Waals surface area contributed by atoms with Gasteiger partial charge in [0, 0.05) is 16.1 Å². The summed E-state index contributed by atoms with van der Waals surface area (Å²) in [6, 6.07) is 13.4. The Kier molecular flexibility index (Phi) is 4.98. The first-order valence-electron chi connectivity index (χ1n) is 7.01. The fraction of sp³-hybridized carbons (Fsp3) is 0.0625. The third kappa shape index (κ3) is 4.02. The van der Waals surface area contributed by atoms with Crippen molar-refractivity contribution in [1.82, 2.24) is 5.32 Å². The van der Waals surface area contributed by atoms with E-state index in [9.17, 15) is 13.2 Å². The minimum absolute atomic E-state index is 0.198. The number of nitrogens with one attached hydrogen (secondary N) is 2. The number of hydrogen-bond donors (Lipinski definition) is 2. The van der Waals surface area contributed by atoms with Crippen molar-refractivity contribution >= 4 is 44.3 Å². The van der Waals surface area contributed by atoms with Crippen LogP contribution in [-0.4, -0.2) is 14.3 Å². The van der Waals surface area contributed by atoms with E-state index in [1.807, 2.05) is 17.5 Å². The molecule has 0 aliphatic carbocycles. The fourth-order valence-electron chi connectivity index (χ4n) is 1.99. The zero-order valence-corrected chi connectivity index (χ0v) is 14.9. The molecule has 1 aromatic carbocycles. The van der Waals surface area contributed by atoms with Crippen molar-refractivity contribution in [2.24, 2.45) is 0 Å². The topological polar surface area (TPSA) is 75.3 Å². The van der Waals surface area contributed by atoms with Gasteiger partial charge in [0.05, 0.1) is 6.54 Å². The Morgan fingerprint density at radius 2 is 1.67 bits per heavy atom. The molecule has 0 aliphatic rings. The molecule has 0 saturated heterocycles. The normalized spacial score (nSPS) is 11.2. The lowest BCUT2D eigenvalue weighted by molar-refractivity contribution is 0.0951. The molecule has 0 radical (unpaired) electrons. The molecule has 5 nitrogen and oxygen atoms in total. The maximum Gasteiger partial charge on any atom is 0.271 e. The van der Waals surface area contributed by atoms with Crippen LogP contribution in [0.4, 0.5) is 5.69 Å². The molecule has 1 amide bonds. The Balaban J connectivity index is 1.64. The molecular formula is C16H14N2O3S3. The molecule has 2 aromatic heterocycles. The molecule has 0 spiro atoms. The van der Waals surface area contributed by atoms with Crippen molar-refractivity contribution in [2.45, 2.75) is 10.8 Å². The number of carbonyl (C=O) groups is 1. The van der Waals surface area contributed by atoms with Crippen molar-refractivity contribution < 1.29 is 13.2 Å². The number of amides is 1. The van der Waals surface area contributed by atoms with E-state index in [4.69, 9.17) is 0 Å². The Bertz CT molecular complexity index is 900. The number of rotatable bonds is 6. The number of thiophene rings is 2. The van der Waals surface area contributed by atoms with Gasteiger partial charge < -0.3 is 5.32 Å². The quantitative estimate of drug-likeness (QED) is 0.689. The maximum absolute atomic E-state index is 12.1. The average molecular weight is 379 g/mol. The highest BCUT2D eigenvalue weighted by Crippen LogP contribution is 2.20. The molecule has 0 bridgehead atoms. The summed E-state index contributed by atoms with van der Waals surface area (Å²) in [7, 11) is -3.57. The molecule has 2 N–H and O–H groups in total. The van der Waals surface area contributed by atoms with Crippen molar-refractivity contribution in [1.29, 1.82) is 0 Å². The van der Waals surface area contributed by atoms with Crippen molar-refractivity contribution in [2.75, 3.05) is 4.72 Å². The number of hydrogen-bond acceptors (Lipinski definition) is 5. The van der Waals surface area contributed by atoms with Gasteiger partial charge in [-0.25, -0.2) is 8.42 Å². The number of anilines is 1. The molecule has 0 aliphatic heterocycles. The van der Waals surface area contributed by atoms with Crippen molar-refractivity contribution in [3.63, 3.8) is 0 Å². The second-order valence-electron chi connectivity index (χ2n) is 4.88. The number of benzene rings is 1. The minimum Gasteiger partial charge on any atom is -0.347 e. The van der Waals surface area contributed by atoms with Crippen LogP contribution in [0, 0.1) is 0 Å². The zero-order chi connectivity index (χ0) is 17.0. The molecule has 24 heavy (non-hydrogen) atoms. The van der Waals surface area contributed by atoms with Gasteiger partial charge in [-0.1, -0.05) is 12.1 Å². The molecule has 8 heteroatoms. The van der Waals surface area contributed by atoms with Gasteiger partial charge in [-0.3, -0.25) is 9.52 Å². The molecule has 0 atom stereocenters. The van der Waals surface area contributed by atoms with E-state index in [0.29, 0.717) is 17.8 Å². The first-order chi connectivity index (χ1) is 11.5. The highest BCUT2D eigenvalue weighted by Gasteiger charge is 2.15. The monoisotopic (exact) mass is 378 g/mol. The van der Waals surface area contributed by atoms with Crippen LogP contribution in [0.3, 0.4) is 0 Å². The van der Waals surface area contributed by atoms with E-state index in [1.54, 1.807) is 53.1 Å². The predicted octanol–water partition coefficient (Wildman–Crippen LogP) is 3.54. The third-order valence-corrected chi connectivity index (χ3v) is 6.82. The van der Waals surface area contributed by atoms with Gasteiger partial charge in [-0.2, -0.15) is 0 Å². The summed E-state index contributed by atoms with van der Waals surface area (Å²) < 4.78 is 27.0. The highest BCUT2D eigenvalue weighted by molar-refractivity contribution is 7.94. The molecule has 3 aromatic rings. The Hall–Kier alpha value is -2.16. The van der Waals surface area contributed by atoms with Gasteiger partial charge in [-0.05, 0) is 47.2 Å². The molecule has 0 unspecified atom stereocenters. The van der Waals surface area contributed by atoms with Gasteiger partial charge >= 0.3 is 0 Å². The van der Waals surface area contributed by atoms with Crippen LogP contribution in [0.25, 0.3) is 0 Å². The van der Waals surface area contributed by atoms with E-state index in [-0.39, 0.29) is 10.1 Å². The number of carbonyl (C=O) groups excluding carboxylic acids is 1. The second-order valence-corrected chi connectivity index (χ2v) is 8.77. The molecule has 124 valence electrons. The Morgan fingerprint density at radius 1 is 0.958 bits per heavy atom. The lowest BCUT2D eigenvalue weighted by atomic mass is 10.2. The molecule has 2 heterocycles. The van der Waals surface area contributed by atoms with Crippen LogP contribution < -0.4 is 10.0 Å². The van der Waals surface area contributed by atoms with Crippen LogP contribution in [-0.2, 0) is 16.6 Å². The summed E-state index contributed by atoms with van der Waals surface area (Å²) in [6.45, 7) is 0.475. The summed E-state index contributed by atoms with van der Waals surface area (Å²) in [6.07, 6.45) is 0. The summed E-state index contributed by atoms with van der Waals surface area (Å²) >= 11 is 2.73. The van der Waals surface area contributed by atoms with E-state index in [1.165, 1.54) is 0 Å². The van der Waals surface area contributed by atoms with Gasteiger partial charge in [-0.15, -0.1) is 22.7 Å². The minimum atomic E-state index is -3.57. The standard InChI is InChI=1S/C16H14N2O3S3/c19-16(17-11-14-3-1-9-22-14)12-5-7-13(8-6-12)18-24(20,21)15-4-2-10-23-15/h1-10,18H,11H2,(H,17,19). The Morgan fingerprint density at radius 3 is 2.29 bits per heavy atom. The first-order valence-corrected chi connectivity index (χ1v) is 10.3. The van der Waals surface area contributed by atoms with Gasteiger partial charge in [0.15, 0.2) is 0 Å². The van der Waals surface area contributed by atoms with E-state index >= 15 is 0 Å². The molecular weight excluding hydrogens is 364 g/mol. The van der Waals surface area contributed by atoms with Crippen LogP contribution in [0.5, 0.6) is 0 Å². The SMILES string of the molecule is O=C(NCc1cccs1)c1ccc(NS(=O)(=O)c2cccs2)cc1. The fourth-order valence-corrected chi connectivity index (χ4v) is 4.69. The summed E-state index contributed by atoms with van der Waals surface area (Å²) in [5.41, 5.74) is 0.892. The van der Waals surface area contributed by atoms with Gasteiger partial charge in [0.2, 0.25) is 0 Å². The molecule has 0 saturated carbocycles. The summed E-state index contributed by atoms with van der Waals surface area (Å²) in [5, 5.41) is 6.48. The van der Waals surface area contributed by atoms with E-state index < -0.39 is 10.0 Å². The largest absolute Gasteiger partial charge is 0.347 e. The average Bonchev–Trinajstić information content (AvgIpc) is 3.26. The van der Waals surface area contributed by atoms with Gasteiger partial charge in [0.25, 0.3) is 15.9 Å². The molecule has 0 fully saturated rings. The second kappa shape index (κ2) is 7.16. The van der Waals surface area contributed by atoms with Crippen molar-refractivity contribution in [3.8, 4) is 0 Å². The van der Waals surface area contributed by atoms with E-state index in [2.05, 4.69) is 10.0 Å². The maximum atomic E-state index is 12.1. The van der Waals surface area contributed by atoms with E-state index in [0.717, 1.165) is 16.2 Å². The predicted molar refractivity (Wildman–Crippen MR) is 97.1 cm³/mol. The van der Waals surface area contributed by atoms with Crippen LogP contribution >= 0.6 is 22.7 Å². The summed E-state index contributed by atoms with van der Waals surface area (Å²) in [4.78, 5) is 13.2.